The molecule has 0 N–H and O–H groups in total. The smallest absolute Gasteiger partial charge is 0.138 e. The largest absolute Gasteiger partial charge is 0.495 e. The molecule has 0 saturated carbocycles. The lowest BCUT2D eigenvalue weighted by atomic mass is 10.1. The molecule has 0 aliphatic heterocycles. The molecule has 2 rings (SSSR count). The van der Waals surface area contributed by atoms with Crippen LogP contribution in [0.3, 0.4) is 0 Å². The number of furan rings is 1. The number of hydrogen-bond acceptors (Lipinski definition) is 2. The third-order valence-electron chi connectivity index (χ3n) is 2.56. The van der Waals surface area contributed by atoms with Crippen molar-refractivity contribution in [1.82, 2.24) is 0 Å². The van der Waals surface area contributed by atoms with Gasteiger partial charge in [0.2, 0.25) is 0 Å². The summed E-state index contributed by atoms with van der Waals surface area (Å²) < 4.78 is 11.4. The maximum Gasteiger partial charge on any atom is 0.138 e. The predicted octanol–water partition coefficient (Wildman–Crippen LogP) is 5.34. The maximum atomic E-state index is 6.45. The first-order chi connectivity index (χ1) is 8.52. The number of aryl methyl sites for hydroxylation is 1. The minimum atomic E-state index is -0.368. The van der Waals surface area contributed by atoms with Gasteiger partial charge in [-0.1, -0.05) is 11.6 Å². The van der Waals surface area contributed by atoms with E-state index in [1.165, 1.54) is 0 Å². The lowest BCUT2D eigenvalue weighted by molar-refractivity contribution is 0.407. The molecule has 96 valence electrons. The molecule has 18 heavy (non-hydrogen) atoms. The molecule has 0 saturated heterocycles. The van der Waals surface area contributed by atoms with E-state index in [2.05, 4.69) is 15.9 Å². The Kier molecular flexibility index (Phi) is 4.25. The third kappa shape index (κ3) is 2.68. The molecule has 0 spiro atoms. The van der Waals surface area contributed by atoms with E-state index in [4.69, 9.17) is 32.4 Å². The lowest BCUT2D eigenvalue weighted by Gasteiger charge is -2.14. The third-order valence-corrected chi connectivity index (χ3v) is 3.85. The van der Waals surface area contributed by atoms with E-state index in [1.807, 2.05) is 13.0 Å². The van der Waals surface area contributed by atoms with Crippen LogP contribution in [-0.2, 0) is 0 Å². The van der Waals surface area contributed by atoms with Gasteiger partial charge in [0.05, 0.1) is 23.2 Å². The number of alkyl halides is 1. The molecular weight excluding hydrogens is 339 g/mol. The number of benzene rings is 1. The Labute approximate surface area is 124 Å². The van der Waals surface area contributed by atoms with Gasteiger partial charge < -0.3 is 9.15 Å². The van der Waals surface area contributed by atoms with Gasteiger partial charge in [-0.2, -0.15) is 0 Å². The summed E-state index contributed by atoms with van der Waals surface area (Å²) in [5.74, 6) is 1.49. The van der Waals surface area contributed by atoms with Gasteiger partial charge in [-0.05, 0) is 41.1 Å². The Hall–Kier alpha value is -0.640. The quantitative estimate of drug-likeness (QED) is 0.698. The molecule has 0 radical (unpaired) electrons. The summed E-state index contributed by atoms with van der Waals surface area (Å²) in [6.45, 7) is 1.87. The van der Waals surface area contributed by atoms with Gasteiger partial charge >= 0.3 is 0 Å². The molecule has 0 bridgehead atoms. The number of methoxy groups -OCH3 is 1. The Balaban J connectivity index is 2.49. The number of hydrogen-bond donors (Lipinski definition) is 0. The fourth-order valence-corrected chi connectivity index (χ4v) is 3.03. The van der Waals surface area contributed by atoms with Gasteiger partial charge in [-0.15, -0.1) is 11.6 Å². The summed E-state index contributed by atoms with van der Waals surface area (Å²) in [6, 6.07) is 5.46. The monoisotopic (exact) mass is 348 g/mol. The van der Waals surface area contributed by atoms with Crippen molar-refractivity contribution in [3.8, 4) is 5.75 Å². The Bertz CT molecular complexity index is 566. The van der Waals surface area contributed by atoms with Gasteiger partial charge in [0.15, 0.2) is 0 Å². The summed E-state index contributed by atoms with van der Waals surface area (Å²) in [5.41, 5.74) is 1.68. The first kappa shape index (κ1) is 13.8. The zero-order chi connectivity index (χ0) is 13.3. The minimum Gasteiger partial charge on any atom is -0.495 e. The summed E-state index contributed by atoms with van der Waals surface area (Å²) in [4.78, 5) is 0. The second-order valence-corrected chi connectivity index (χ2v) is 5.59. The molecule has 0 aliphatic rings. The zero-order valence-corrected chi connectivity index (χ0v) is 12.9. The minimum absolute atomic E-state index is 0.368. The molecule has 1 aromatic heterocycles. The van der Waals surface area contributed by atoms with Crippen LogP contribution in [0.5, 0.6) is 5.75 Å². The highest BCUT2D eigenvalue weighted by Crippen LogP contribution is 2.41. The summed E-state index contributed by atoms with van der Waals surface area (Å²) >= 11 is 15.9. The van der Waals surface area contributed by atoms with Crippen LogP contribution in [0.4, 0.5) is 0 Å². The van der Waals surface area contributed by atoms with Crippen molar-refractivity contribution in [3.05, 3.63) is 50.8 Å². The molecule has 5 heteroatoms. The van der Waals surface area contributed by atoms with Crippen LogP contribution < -0.4 is 4.74 Å². The molecule has 1 heterocycles. The Morgan fingerprint density at radius 2 is 2.06 bits per heavy atom. The second-order valence-electron chi connectivity index (χ2n) is 3.86. The molecule has 1 atom stereocenters. The van der Waals surface area contributed by atoms with Crippen molar-refractivity contribution in [3.63, 3.8) is 0 Å². The predicted molar refractivity (Wildman–Crippen MR) is 76.8 cm³/mol. The summed E-state index contributed by atoms with van der Waals surface area (Å²) in [6.07, 6.45) is 1.64. The Morgan fingerprint density at radius 3 is 2.61 bits per heavy atom. The normalized spacial score (nSPS) is 12.5. The fourth-order valence-electron chi connectivity index (χ4n) is 1.76. The van der Waals surface area contributed by atoms with Crippen molar-refractivity contribution < 1.29 is 9.15 Å². The van der Waals surface area contributed by atoms with Crippen molar-refractivity contribution in [1.29, 1.82) is 0 Å². The molecule has 1 unspecified atom stereocenters. The highest BCUT2D eigenvalue weighted by atomic mass is 79.9. The number of rotatable bonds is 3. The van der Waals surface area contributed by atoms with Crippen LogP contribution in [0.15, 0.2) is 33.4 Å². The van der Waals surface area contributed by atoms with E-state index in [0.717, 1.165) is 21.4 Å². The highest BCUT2D eigenvalue weighted by molar-refractivity contribution is 9.10. The number of ether oxygens (including phenoxy) is 1. The van der Waals surface area contributed by atoms with Crippen molar-refractivity contribution in [2.75, 3.05) is 7.11 Å². The standard InChI is InChI=1S/C13H11BrCl2O2/c1-7-3-8(6-18-7)12(16)10-4-9(15)5-11(14)13(10)17-2/h3-6,12H,1-2H3. The maximum absolute atomic E-state index is 6.45. The molecule has 1 aromatic carbocycles. The first-order valence-electron chi connectivity index (χ1n) is 5.25. The van der Waals surface area contributed by atoms with Gasteiger partial charge in [0.1, 0.15) is 11.5 Å². The molecule has 2 aromatic rings. The van der Waals surface area contributed by atoms with E-state index < -0.39 is 0 Å². The van der Waals surface area contributed by atoms with Crippen LogP contribution in [0.2, 0.25) is 5.02 Å². The van der Waals surface area contributed by atoms with Crippen LogP contribution in [0.1, 0.15) is 22.3 Å². The van der Waals surface area contributed by atoms with Crippen LogP contribution in [-0.4, -0.2) is 7.11 Å². The van der Waals surface area contributed by atoms with Crippen molar-refractivity contribution >= 4 is 39.1 Å². The molecule has 0 aliphatic carbocycles. The molecule has 0 amide bonds. The van der Waals surface area contributed by atoms with Gasteiger partial charge in [-0.3, -0.25) is 0 Å². The fraction of sp³-hybridized carbons (Fsp3) is 0.231. The van der Waals surface area contributed by atoms with Crippen LogP contribution >= 0.6 is 39.1 Å². The van der Waals surface area contributed by atoms with E-state index in [-0.39, 0.29) is 5.38 Å². The van der Waals surface area contributed by atoms with Crippen molar-refractivity contribution in [2.45, 2.75) is 12.3 Å². The highest BCUT2D eigenvalue weighted by Gasteiger charge is 2.20. The molecular formula is C13H11BrCl2O2. The molecule has 2 nitrogen and oxygen atoms in total. The lowest BCUT2D eigenvalue weighted by Crippen LogP contribution is -1.97. The first-order valence-corrected chi connectivity index (χ1v) is 6.85. The zero-order valence-electron chi connectivity index (χ0n) is 9.84. The van der Waals surface area contributed by atoms with Gasteiger partial charge in [0.25, 0.3) is 0 Å². The summed E-state index contributed by atoms with van der Waals surface area (Å²) in [5, 5.41) is 0.232. The van der Waals surface area contributed by atoms with Gasteiger partial charge in [0, 0.05) is 16.1 Å². The SMILES string of the molecule is COc1c(Br)cc(Cl)cc1C(Cl)c1coc(C)c1. The molecule has 0 fully saturated rings. The van der Waals surface area contributed by atoms with E-state index >= 15 is 0 Å². The van der Waals surface area contributed by atoms with Gasteiger partial charge in [-0.25, -0.2) is 0 Å². The van der Waals surface area contributed by atoms with E-state index in [1.54, 1.807) is 25.5 Å². The topological polar surface area (TPSA) is 22.4 Å². The van der Waals surface area contributed by atoms with E-state index in [9.17, 15) is 0 Å². The average Bonchev–Trinajstić information content (AvgIpc) is 2.74. The van der Waals surface area contributed by atoms with E-state index in [0.29, 0.717) is 10.8 Å². The van der Waals surface area contributed by atoms with Crippen LogP contribution in [0, 0.1) is 6.92 Å². The second kappa shape index (κ2) is 5.55. The van der Waals surface area contributed by atoms with Crippen LogP contribution in [0.25, 0.3) is 0 Å². The van der Waals surface area contributed by atoms with Crippen molar-refractivity contribution in [2.24, 2.45) is 0 Å². The average molecular weight is 350 g/mol. The number of halogens is 3. The summed E-state index contributed by atoms with van der Waals surface area (Å²) in [7, 11) is 1.60. The Morgan fingerprint density at radius 1 is 1.33 bits per heavy atom.